The van der Waals surface area contributed by atoms with Gasteiger partial charge in [-0.05, 0) is 30.7 Å². The van der Waals surface area contributed by atoms with E-state index in [1.54, 1.807) is 21.3 Å². The number of ether oxygens (including phenoxy) is 3. The Hall–Kier alpha value is -1.91. The van der Waals surface area contributed by atoms with Gasteiger partial charge in [0.1, 0.15) is 0 Å². The first-order valence-electron chi connectivity index (χ1n) is 7.37. The average molecular weight is 336 g/mol. The van der Waals surface area contributed by atoms with Crippen LogP contribution in [0.2, 0.25) is 5.02 Å². The molecule has 0 aliphatic rings. The minimum absolute atomic E-state index is 0.185. The van der Waals surface area contributed by atoms with E-state index in [1.165, 1.54) is 5.56 Å². The van der Waals surface area contributed by atoms with E-state index in [0.717, 1.165) is 10.6 Å². The molecular weight excluding hydrogens is 314 g/mol. The standard InChI is InChI=1S/C18H22ClNO3/c1-12(13-5-8-15(19)9-6-13)20-11-14-7-10-16(21-2)18(23-4)17(14)22-3/h5-10,12,20H,11H2,1-4H3/t12-/m1/s1. The van der Waals surface area contributed by atoms with Gasteiger partial charge in [0, 0.05) is 23.2 Å². The van der Waals surface area contributed by atoms with E-state index in [4.69, 9.17) is 25.8 Å². The summed E-state index contributed by atoms with van der Waals surface area (Å²) in [5.74, 6) is 1.94. The summed E-state index contributed by atoms with van der Waals surface area (Å²) in [6.45, 7) is 2.75. The van der Waals surface area contributed by atoms with Crippen molar-refractivity contribution in [3.63, 3.8) is 0 Å². The predicted molar refractivity (Wildman–Crippen MR) is 92.8 cm³/mol. The smallest absolute Gasteiger partial charge is 0.203 e. The fourth-order valence-corrected chi connectivity index (χ4v) is 2.56. The zero-order valence-corrected chi connectivity index (χ0v) is 14.6. The van der Waals surface area contributed by atoms with E-state index < -0.39 is 0 Å². The molecule has 2 aromatic rings. The molecule has 0 spiro atoms. The average Bonchev–Trinajstić information content (AvgIpc) is 2.59. The molecular formula is C18H22ClNO3. The number of nitrogens with one attached hydrogen (secondary N) is 1. The van der Waals surface area contributed by atoms with Crippen molar-refractivity contribution in [1.82, 2.24) is 5.32 Å². The molecule has 1 atom stereocenters. The summed E-state index contributed by atoms with van der Waals surface area (Å²) in [6, 6.07) is 11.9. The Bertz CT molecular complexity index is 643. The molecule has 0 saturated carbocycles. The molecule has 0 bridgehead atoms. The Labute approximate surface area is 142 Å². The van der Waals surface area contributed by atoms with Crippen LogP contribution < -0.4 is 19.5 Å². The number of rotatable bonds is 7. The third-order valence-corrected chi connectivity index (χ3v) is 4.01. The van der Waals surface area contributed by atoms with Crippen molar-refractivity contribution in [2.45, 2.75) is 19.5 Å². The second kappa shape index (κ2) is 8.09. The largest absolute Gasteiger partial charge is 0.493 e. The van der Waals surface area contributed by atoms with Crippen LogP contribution in [0, 0.1) is 0 Å². The normalized spacial score (nSPS) is 11.9. The molecule has 23 heavy (non-hydrogen) atoms. The topological polar surface area (TPSA) is 39.7 Å². The van der Waals surface area contributed by atoms with Crippen LogP contribution in [0.5, 0.6) is 17.2 Å². The maximum atomic E-state index is 5.93. The van der Waals surface area contributed by atoms with Crippen molar-refractivity contribution in [3.8, 4) is 17.2 Å². The zero-order chi connectivity index (χ0) is 16.8. The van der Waals surface area contributed by atoms with Gasteiger partial charge in [0.2, 0.25) is 5.75 Å². The molecule has 0 fully saturated rings. The first kappa shape index (κ1) is 17.4. The summed E-state index contributed by atoms with van der Waals surface area (Å²) in [5.41, 5.74) is 2.18. The molecule has 5 heteroatoms. The monoisotopic (exact) mass is 335 g/mol. The van der Waals surface area contributed by atoms with Gasteiger partial charge in [-0.1, -0.05) is 29.8 Å². The van der Waals surface area contributed by atoms with E-state index in [9.17, 15) is 0 Å². The van der Waals surface area contributed by atoms with Crippen LogP contribution >= 0.6 is 11.6 Å². The van der Waals surface area contributed by atoms with Gasteiger partial charge in [-0.25, -0.2) is 0 Å². The zero-order valence-electron chi connectivity index (χ0n) is 13.9. The molecule has 124 valence electrons. The van der Waals surface area contributed by atoms with Crippen LogP contribution in [0.1, 0.15) is 24.1 Å². The number of halogens is 1. The highest BCUT2D eigenvalue weighted by Crippen LogP contribution is 2.39. The third-order valence-electron chi connectivity index (χ3n) is 3.75. The number of hydrogen-bond acceptors (Lipinski definition) is 4. The molecule has 2 rings (SSSR count). The Morgan fingerprint density at radius 3 is 2.13 bits per heavy atom. The van der Waals surface area contributed by atoms with Crippen molar-refractivity contribution < 1.29 is 14.2 Å². The Morgan fingerprint density at radius 1 is 0.913 bits per heavy atom. The number of benzene rings is 2. The van der Waals surface area contributed by atoms with Gasteiger partial charge < -0.3 is 19.5 Å². The summed E-state index contributed by atoms with van der Waals surface area (Å²) in [7, 11) is 4.84. The molecule has 0 aliphatic carbocycles. The Kier molecular flexibility index (Phi) is 6.13. The maximum absolute atomic E-state index is 5.93. The predicted octanol–water partition coefficient (Wildman–Crippen LogP) is 4.22. The first-order valence-corrected chi connectivity index (χ1v) is 7.75. The Morgan fingerprint density at radius 2 is 1.57 bits per heavy atom. The molecule has 0 saturated heterocycles. The molecule has 0 heterocycles. The van der Waals surface area contributed by atoms with Crippen LogP contribution in [0.4, 0.5) is 0 Å². The van der Waals surface area contributed by atoms with Crippen molar-refractivity contribution >= 4 is 11.6 Å². The number of hydrogen-bond donors (Lipinski definition) is 1. The molecule has 4 nitrogen and oxygen atoms in total. The summed E-state index contributed by atoms with van der Waals surface area (Å²) in [4.78, 5) is 0. The van der Waals surface area contributed by atoms with Gasteiger partial charge in [-0.15, -0.1) is 0 Å². The van der Waals surface area contributed by atoms with E-state index in [-0.39, 0.29) is 6.04 Å². The summed E-state index contributed by atoms with van der Waals surface area (Å²) in [6.07, 6.45) is 0. The minimum Gasteiger partial charge on any atom is -0.493 e. The van der Waals surface area contributed by atoms with Gasteiger partial charge >= 0.3 is 0 Å². The SMILES string of the molecule is COc1ccc(CN[C@H](C)c2ccc(Cl)cc2)c(OC)c1OC. The van der Waals surface area contributed by atoms with Gasteiger partial charge in [0.25, 0.3) is 0 Å². The van der Waals surface area contributed by atoms with Gasteiger partial charge in [-0.2, -0.15) is 0 Å². The van der Waals surface area contributed by atoms with Gasteiger partial charge in [0.05, 0.1) is 21.3 Å². The van der Waals surface area contributed by atoms with E-state index >= 15 is 0 Å². The molecule has 1 N–H and O–H groups in total. The summed E-state index contributed by atoms with van der Waals surface area (Å²) >= 11 is 5.93. The molecule has 0 radical (unpaired) electrons. The highest BCUT2D eigenvalue weighted by Gasteiger charge is 2.16. The lowest BCUT2D eigenvalue weighted by Crippen LogP contribution is -2.18. The fourth-order valence-electron chi connectivity index (χ4n) is 2.43. The van der Waals surface area contributed by atoms with Crippen LogP contribution in [-0.4, -0.2) is 21.3 Å². The van der Waals surface area contributed by atoms with E-state index in [0.29, 0.717) is 23.8 Å². The van der Waals surface area contributed by atoms with Crippen LogP contribution in [-0.2, 0) is 6.54 Å². The quantitative estimate of drug-likeness (QED) is 0.822. The first-order chi connectivity index (χ1) is 11.1. The van der Waals surface area contributed by atoms with Gasteiger partial charge in [0.15, 0.2) is 11.5 Å². The lowest BCUT2D eigenvalue weighted by molar-refractivity contribution is 0.321. The van der Waals surface area contributed by atoms with Crippen molar-refractivity contribution in [2.24, 2.45) is 0 Å². The second-order valence-electron chi connectivity index (χ2n) is 5.15. The molecule has 0 unspecified atom stereocenters. The van der Waals surface area contributed by atoms with E-state index in [2.05, 4.69) is 12.2 Å². The highest BCUT2D eigenvalue weighted by atomic mass is 35.5. The van der Waals surface area contributed by atoms with Crippen molar-refractivity contribution in [2.75, 3.05) is 21.3 Å². The Balaban J connectivity index is 2.15. The van der Waals surface area contributed by atoms with Crippen molar-refractivity contribution in [1.29, 1.82) is 0 Å². The lowest BCUT2D eigenvalue weighted by atomic mass is 10.1. The molecule has 0 aliphatic heterocycles. The molecule has 0 aromatic heterocycles. The second-order valence-corrected chi connectivity index (χ2v) is 5.58. The molecule has 2 aromatic carbocycles. The minimum atomic E-state index is 0.185. The summed E-state index contributed by atoms with van der Waals surface area (Å²) in [5, 5.41) is 4.22. The van der Waals surface area contributed by atoms with Crippen molar-refractivity contribution in [3.05, 3.63) is 52.5 Å². The third kappa shape index (κ3) is 4.09. The van der Waals surface area contributed by atoms with Crippen LogP contribution in [0.15, 0.2) is 36.4 Å². The summed E-state index contributed by atoms with van der Waals surface area (Å²) < 4.78 is 16.2. The lowest BCUT2D eigenvalue weighted by Gasteiger charge is -2.18. The van der Waals surface area contributed by atoms with Crippen LogP contribution in [0.25, 0.3) is 0 Å². The highest BCUT2D eigenvalue weighted by molar-refractivity contribution is 6.30. The fraction of sp³-hybridized carbons (Fsp3) is 0.333. The van der Waals surface area contributed by atoms with Crippen LogP contribution in [0.3, 0.4) is 0 Å². The maximum Gasteiger partial charge on any atom is 0.203 e. The number of methoxy groups -OCH3 is 3. The molecule has 0 amide bonds. The van der Waals surface area contributed by atoms with E-state index in [1.807, 2.05) is 36.4 Å². The van der Waals surface area contributed by atoms with Gasteiger partial charge in [-0.3, -0.25) is 0 Å².